The average molecular weight is 415 g/mol. The third-order valence-corrected chi connectivity index (χ3v) is 11.9. The van der Waals surface area contributed by atoms with Gasteiger partial charge in [-0.25, -0.2) is 0 Å². The molecule has 4 aliphatic carbocycles. The second-order valence-corrected chi connectivity index (χ2v) is 13.5. The molecule has 4 aliphatic rings. The summed E-state index contributed by atoms with van der Waals surface area (Å²) in [5, 5.41) is 10.3. The quantitative estimate of drug-likeness (QED) is 0.450. The van der Waals surface area contributed by atoms with Crippen molar-refractivity contribution in [1.29, 1.82) is 0 Å². The van der Waals surface area contributed by atoms with Gasteiger partial charge in [0.1, 0.15) is 0 Å². The van der Waals surface area contributed by atoms with Gasteiger partial charge < -0.3 is 5.11 Å². The molecule has 0 bridgehead atoms. The zero-order valence-corrected chi connectivity index (χ0v) is 21.2. The van der Waals surface area contributed by atoms with Crippen LogP contribution in [0.25, 0.3) is 0 Å². The highest BCUT2D eigenvalue weighted by molar-refractivity contribution is 5.29. The van der Waals surface area contributed by atoms with Gasteiger partial charge >= 0.3 is 0 Å². The van der Waals surface area contributed by atoms with Crippen molar-refractivity contribution in [2.45, 2.75) is 125 Å². The fourth-order valence-corrected chi connectivity index (χ4v) is 9.42. The van der Waals surface area contributed by atoms with Crippen LogP contribution in [0.1, 0.15) is 119 Å². The Balaban J connectivity index is 1.59. The van der Waals surface area contributed by atoms with E-state index in [2.05, 4.69) is 54.5 Å². The van der Waals surface area contributed by atoms with Crippen LogP contribution in [-0.2, 0) is 0 Å². The van der Waals surface area contributed by atoms with E-state index in [0.29, 0.717) is 21.7 Å². The van der Waals surface area contributed by atoms with Crippen molar-refractivity contribution in [3.63, 3.8) is 0 Å². The van der Waals surface area contributed by atoms with Crippen molar-refractivity contribution in [3.05, 3.63) is 11.6 Å². The molecule has 0 aromatic heterocycles. The molecule has 1 nitrogen and oxygen atoms in total. The summed E-state index contributed by atoms with van der Waals surface area (Å²) in [7, 11) is 0. The van der Waals surface area contributed by atoms with Gasteiger partial charge in [0.15, 0.2) is 0 Å². The molecule has 1 heteroatoms. The Morgan fingerprint density at radius 1 is 0.933 bits per heavy atom. The van der Waals surface area contributed by atoms with Gasteiger partial charge in [-0.1, -0.05) is 79.4 Å². The minimum Gasteiger partial charge on any atom is -0.393 e. The largest absolute Gasteiger partial charge is 0.393 e. The standard InChI is InChI=1S/C29H50O/c1-20(2)9-8-10-21(3)26(4)17-18-27(5)24(26)14-16-29(7)25(27)12-11-22-19-23(30)13-15-28(22,29)6/h11,20-21,23-25,30H,8-10,12-19H2,1-7H3. The second-order valence-electron chi connectivity index (χ2n) is 13.5. The van der Waals surface area contributed by atoms with Crippen LogP contribution in [-0.4, -0.2) is 11.2 Å². The molecular formula is C29H50O. The third kappa shape index (κ3) is 3.19. The van der Waals surface area contributed by atoms with Gasteiger partial charge in [-0.05, 0) is 96.7 Å². The molecule has 8 unspecified atom stereocenters. The summed E-state index contributed by atoms with van der Waals surface area (Å²) in [6, 6.07) is 0. The molecular weight excluding hydrogens is 364 g/mol. The van der Waals surface area contributed by atoms with E-state index >= 15 is 0 Å². The van der Waals surface area contributed by atoms with E-state index in [1.165, 1.54) is 57.8 Å². The maximum absolute atomic E-state index is 10.3. The van der Waals surface area contributed by atoms with Crippen molar-refractivity contribution < 1.29 is 5.11 Å². The molecule has 0 saturated heterocycles. The van der Waals surface area contributed by atoms with E-state index in [4.69, 9.17) is 0 Å². The van der Waals surface area contributed by atoms with Crippen molar-refractivity contribution >= 4 is 0 Å². The third-order valence-electron chi connectivity index (χ3n) is 11.9. The lowest BCUT2D eigenvalue weighted by Crippen LogP contribution is -2.58. The Morgan fingerprint density at radius 2 is 1.67 bits per heavy atom. The number of hydrogen-bond acceptors (Lipinski definition) is 1. The molecule has 3 saturated carbocycles. The molecule has 30 heavy (non-hydrogen) atoms. The summed E-state index contributed by atoms with van der Waals surface area (Å²) < 4.78 is 0. The van der Waals surface area contributed by atoms with Gasteiger partial charge in [-0.3, -0.25) is 0 Å². The Labute approximate surface area is 187 Å². The summed E-state index contributed by atoms with van der Waals surface area (Å²) in [6.07, 6.45) is 16.8. The predicted octanol–water partition coefficient (Wildman–Crippen LogP) is 8.17. The van der Waals surface area contributed by atoms with Crippen molar-refractivity contribution in [2.75, 3.05) is 0 Å². The number of aliphatic hydroxyl groups excluding tert-OH is 1. The molecule has 0 aromatic rings. The van der Waals surface area contributed by atoms with Gasteiger partial charge in [-0.15, -0.1) is 0 Å². The molecule has 3 fully saturated rings. The Bertz CT molecular complexity index is 678. The van der Waals surface area contributed by atoms with Gasteiger partial charge in [0.05, 0.1) is 6.10 Å². The number of aliphatic hydroxyl groups is 1. The second kappa shape index (κ2) is 7.64. The smallest absolute Gasteiger partial charge is 0.0577 e. The molecule has 4 rings (SSSR count). The van der Waals surface area contributed by atoms with Crippen LogP contribution in [0.15, 0.2) is 11.6 Å². The lowest BCUT2D eigenvalue weighted by atomic mass is 9.39. The number of hydrogen-bond donors (Lipinski definition) is 1. The minimum absolute atomic E-state index is 0.0992. The van der Waals surface area contributed by atoms with E-state index < -0.39 is 0 Å². The predicted molar refractivity (Wildman–Crippen MR) is 128 cm³/mol. The zero-order valence-electron chi connectivity index (χ0n) is 21.2. The monoisotopic (exact) mass is 414 g/mol. The van der Waals surface area contributed by atoms with Gasteiger partial charge in [0.2, 0.25) is 0 Å². The highest BCUT2D eigenvalue weighted by Gasteiger charge is 2.66. The van der Waals surface area contributed by atoms with E-state index in [1.807, 2.05) is 0 Å². The van der Waals surface area contributed by atoms with Crippen LogP contribution < -0.4 is 0 Å². The number of allylic oxidation sites excluding steroid dienone is 1. The molecule has 0 aromatic carbocycles. The molecule has 172 valence electrons. The fourth-order valence-electron chi connectivity index (χ4n) is 9.42. The van der Waals surface area contributed by atoms with E-state index in [1.54, 1.807) is 5.57 Å². The average Bonchev–Trinajstić information content (AvgIpc) is 2.95. The summed E-state index contributed by atoms with van der Waals surface area (Å²) in [5.74, 6) is 3.40. The SMILES string of the molecule is CC(C)CCCC(C)C1(C)CCC2(C)C1CCC1(C)C2CC=C2CC(O)CCC21C. The highest BCUT2D eigenvalue weighted by Crippen LogP contribution is 2.75. The Morgan fingerprint density at radius 3 is 2.37 bits per heavy atom. The van der Waals surface area contributed by atoms with Gasteiger partial charge in [0.25, 0.3) is 0 Å². The Kier molecular flexibility index (Phi) is 5.82. The zero-order chi connectivity index (χ0) is 21.9. The van der Waals surface area contributed by atoms with Crippen LogP contribution in [0.5, 0.6) is 0 Å². The summed E-state index contributed by atoms with van der Waals surface area (Å²) >= 11 is 0. The molecule has 1 N–H and O–H groups in total. The van der Waals surface area contributed by atoms with E-state index in [-0.39, 0.29) is 6.10 Å². The molecule has 0 amide bonds. The first-order valence-electron chi connectivity index (χ1n) is 13.3. The number of fused-ring (bicyclic) bond motifs is 5. The van der Waals surface area contributed by atoms with Gasteiger partial charge in [-0.2, -0.15) is 0 Å². The van der Waals surface area contributed by atoms with Crippen LogP contribution in [0.2, 0.25) is 0 Å². The molecule has 0 spiro atoms. The van der Waals surface area contributed by atoms with Crippen molar-refractivity contribution in [1.82, 2.24) is 0 Å². The lowest BCUT2D eigenvalue weighted by molar-refractivity contribution is -0.138. The maximum atomic E-state index is 10.3. The lowest BCUT2D eigenvalue weighted by Gasteiger charge is -2.66. The minimum atomic E-state index is -0.0992. The molecule has 0 aliphatic heterocycles. The highest BCUT2D eigenvalue weighted by atomic mass is 16.3. The number of rotatable bonds is 5. The van der Waals surface area contributed by atoms with Crippen LogP contribution in [0, 0.1) is 45.3 Å². The summed E-state index contributed by atoms with van der Waals surface area (Å²) in [4.78, 5) is 0. The first kappa shape index (κ1) is 22.9. The van der Waals surface area contributed by atoms with Crippen molar-refractivity contribution in [2.24, 2.45) is 45.3 Å². The maximum Gasteiger partial charge on any atom is 0.0577 e. The normalized spacial score (nSPS) is 49.2. The van der Waals surface area contributed by atoms with Crippen LogP contribution >= 0.6 is 0 Å². The first-order chi connectivity index (χ1) is 14.0. The summed E-state index contributed by atoms with van der Waals surface area (Å²) in [6.45, 7) is 17.9. The molecule has 0 heterocycles. The van der Waals surface area contributed by atoms with Crippen molar-refractivity contribution in [3.8, 4) is 0 Å². The summed E-state index contributed by atoms with van der Waals surface area (Å²) in [5.41, 5.74) is 3.35. The topological polar surface area (TPSA) is 20.2 Å². The van der Waals surface area contributed by atoms with Crippen LogP contribution in [0.4, 0.5) is 0 Å². The van der Waals surface area contributed by atoms with E-state index in [9.17, 15) is 5.11 Å². The van der Waals surface area contributed by atoms with Gasteiger partial charge in [0, 0.05) is 0 Å². The molecule has 8 atom stereocenters. The molecule has 0 radical (unpaired) electrons. The Hall–Kier alpha value is -0.300. The fraction of sp³-hybridized carbons (Fsp3) is 0.931. The van der Waals surface area contributed by atoms with Crippen LogP contribution in [0.3, 0.4) is 0 Å². The first-order valence-corrected chi connectivity index (χ1v) is 13.3. The van der Waals surface area contributed by atoms with E-state index in [0.717, 1.165) is 36.5 Å².